The Labute approximate surface area is 110 Å². The molecule has 1 atom stereocenters. The normalized spacial score (nSPS) is 21.9. The fraction of sp³-hybridized carbons (Fsp3) is 0.600. The summed E-state index contributed by atoms with van der Waals surface area (Å²) in [5.74, 6) is 0.0832. The molecule has 0 aromatic carbocycles. The number of aromatic nitrogens is 2. The predicted molar refractivity (Wildman–Crippen MR) is 68.9 cm³/mol. The van der Waals surface area contributed by atoms with Crippen LogP contribution in [0.5, 0.6) is 0 Å². The number of carbonyl (C=O) groups excluding carboxylic acids is 1. The lowest BCUT2D eigenvalue weighted by atomic mass is 10.3. The van der Waals surface area contributed by atoms with Gasteiger partial charge in [-0.1, -0.05) is 11.8 Å². The highest BCUT2D eigenvalue weighted by molar-refractivity contribution is 7.99. The van der Waals surface area contributed by atoms with Gasteiger partial charge in [0.2, 0.25) is 5.91 Å². The lowest BCUT2D eigenvalue weighted by molar-refractivity contribution is -0.118. The van der Waals surface area contributed by atoms with Crippen LogP contribution in [0, 0.1) is 0 Å². The standard InChI is InChI=1S/C10H15N3O3S2/c1-13-5-4-11-10(13)17-7-8(14)12-9-3-2-6-18(9,15)16/h4-5,9H,2-3,6-7H2,1H3,(H,12,14)/t9-/m1/s1. The number of thioether (sulfide) groups is 1. The summed E-state index contributed by atoms with van der Waals surface area (Å²) in [5.41, 5.74) is 0. The van der Waals surface area contributed by atoms with E-state index in [4.69, 9.17) is 0 Å². The van der Waals surface area contributed by atoms with Crippen molar-refractivity contribution < 1.29 is 13.2 Å². The Bertz CT molecular complexity index is 538. The zero-order valence-electron chi connectivity index (χ0n) is 10.00. The molecular formula is C10H15N3O3S2. The second kappa shape index (κ2) is 5.31. The number of nitrogens with zero attached hydrogens (tertiary/aromatic N) is 2. The van der Waals surface area contributed by atoms with Crippen molar-refractivity contribution in [1.29, 1.82) is 0 Å². The lowest BCUT2D eigenvalue weighted by Crippen LogP contribution is -2.39. The second-order valence-electron chi connectivity index (χ2n) is 4.17. The van der Waals surface area contributed by atoms with Gasteiger partial charge in [0.05, 0.1) is 11.5 Å². The Balaban J connectivity index is 1.85. The van der Waals surface area contributed by atoms with Gasteiger partial charge in [-0.2, -0.15) is 0 Å². The summed E-state index contributed by atoms with van der Waals surface area (Å²) in [6.07, 6.45) is 4.59. The van der Waals surface area contributed by atoms with E-state index in [2.05, 4.69) is 10.3 Å². The Hall–Kier alpha value is -1.02. The van der Waals surface area contributed by atoms with Crippen molar-refractivity contribution >= 4 is 27.5 Å². The molecule has 1 fully saturated rings. The summed E-state index contributed by atoms with van der Waals surface area (Å²) >= 11 is 1.29. The van der Waals surface area contributed by atoms with E-state index in [0.29, 0.717) is 12.8 Å². The van der Waals surface area contributed by atoms with Crippen LogP contribution < -0.4 is 5.32 Å². The van der Waals surface area contributed by atoms with Crippen LogP contribution in [0.15, 0.2) is 17.6 Å². The van der Waals surface area contributed by atoms with Crippen LogP contribution in [0.3, 0.4) is 0 Å². The third-order valence-electron chi connectivity index (χ3n) is 2.76. The van der Waals surface area contributed by atoms with Crippen molar-refractivity contribution in [1.82, 2.24) is 14.9 Å². The highest BCUT2D eigenvalue weighted by Crippen LogP contribution is 2.18. The van der Waals surface area contributed by atoms with Crippen LogP contribution in [-0.4, -0.2) is 40.8 Å². The van der Waals surface area contributed by atoms with Gasteiger partial charge in [-0.05, 0) is 12.8 Å². The Morgan fingerprint density at radius 1 is 1.67 bits per heavy atom. The van der Waals surface area contributed by atoms with Crippen molar-refractivity contribution in [2.45, 2.75) is 23.4 Å². The topological polar surface area (TPSA) is 81.1 Å². The maximum absolute atomic E-state index is 11.7. The minimum absolute atomic E-state index is 0.171. The Morgan fingerprint density at radius 2 is 2.44 bits per heavy atom. The monoisotopic (exact) mass is 289 g/mol. The first-order valence-electron chi connectivity index (χ1n) is 5.60. The molecule has 0 radical (unpaired) electrons. The fourth-order valence-corrected chi connectivity index (χ4v) is 4.23. The maximum Gasteiger partial charge on any atom is 0.231 e. The minimum Gasteiger partial charge on any atom is -0.339 e. The average molecular weight is 289 g/mol. The number of hydrogen-bond acceptors (Lipinski definition) is 5. The quantitative estimate of drug-likeness (QED) is 0.799. The molecule has 1 aromatic heterocycles. The largest absolute Gasteiger partial charge is 0.339 e. The third-order valence-corrected chi connectivity index (χ3v) is 5.90. The maximum atomic E-state index is 11.7. The van der Waals surface area contributed by atoms with E-state index in [1.165, 1.54) is 11.8 Å². The number of nitrogens with one attached hydrogen (secondary N) is 1. The van der Waals surface area contributed by atoms with Gasteiger partial charge in [0.15, 0.2) is 15.0 Å². The van der Waals surface area contributed by atoms with Gasteiger partial charge in [-0.3, -0.25) is 4.79 Å². The molecule has 2 heterocycles. The number of rotatable bonds is 4. The SMILES string of the molecule is Cn1ccnc1SCC(=O)N[C@H]1CCCS1(=O)=O. The molecule has 0 saturated carbocycles. The molecule has 1 saturated heterocycles. The summed E-state index contributed by atoms with van der Waals surface area (Å²) in [5, 5.41) is 2.60. The molecule has 0 bridgehead atoms. The summed E-state index contributed by atoms with van der Waals surface area (Å²) in [6, 6.07) is 0. The highest BCUT2D eigenvalue weighted by Gasteiger charge is 2.32. The molecule has 100 valence electrons. The molecule has 0 aliphatic carbocycles. The van der Waals surface area contributed by atoms with Gasteiger partial charge in [-0.15, -0.1) is 0 Å². The van der Waals surface area contributed by atoms with Crippen LogP contribution in [0.25, 0.3) is 0 Å². The molecular weight excluding hydrogens is 274 g/mol. The van der Waals surface area contributed by atoms with Crippen molar-refractivity contribution in [2.24, 2.45) is 7.05 Å². The van der Waals surface area contributed by atoms with Gasteiger partial charge >= 0.3 is 0 Å². The van der Waals surface area contributed by atoms with E-state index < -0.39 is 15.2 Å². The first kappa shape index (κ1) is 13.4. The smallest absolute Gasteiger partial charge is 0.231 e. The van der Waals surface area contributed by atoms with Crippen LogP contribution in [0.2, 0.25) is 0 Å². The van der Waals surface area contributed by atoms with Gasteiger partial charge in [0.25, 0.3) is 0 Å². The number of hydrogen-bond donors (Lipinski definition) is 1. The first-order valence-corrected chi connectivity index (χ1v) is 8.30. The van der Waals surface area contributed by atoms with Crippen LogP contribution in [-0.2, 0) is 21.7 Å². The summed E-state index contributed by atoms with van der Waals surface area (Å²) < 4.78 is 24.9. The molecule has 0 spiro atoms. The summed E-state index contributed by atoms with van der Waals surface area (Å²) in [4.78, 5) is 15.7. The van der Waals surface area contributed by atoms with E-state index in [1.807, 2.05) is 11.6 Å². The van der Waals surface area contributed by atoms with Crippen molar-refractivity contribution in [2.75, 3.05) is 11.5 Å². The number of amides is 1. The number of carbonyl (C=O) groups is 1. The summed E-state index contributed by atoms with van der Waals surface area (Å²) in [6.45, 7) is 0. The zero-order valence-corrected chi connectivity index (χ0v) is 11.6. The van der Waals surface area contributed by atoms with Crippen molar-refractivity contribution in [3.8, 4) is 0 Å². The predicted octanol–water partition coefficient (Wildman–Crippen LogP) is 0.163. The minimum atomic E-state index is -3.12. The van der Waals surface area contributed by atoms with Gasteiger partial charge in [-0.25, -0.2) is 13.4 Å². The van der Waals surface area contributed by atoms with Crippen LogP contribution >= 0.6 is 11.8 Å². The number of imidazole rings is 1. The zero-order chi connectivity index (χ0) is 13.2. The van der Waals surface area contributed by atoms with E-state index in [1.54, 1.807) is 12.4 Å². The van der Waals surface area contributed by atoms with E-state index in [0.717, 1.165) is 5.16 Å². The third kappa shape index (κ3) is 3.05. The van der Waals surface area contributed by atoms with E-state index in [9.17, 15) is 13.2 Å². The molecule has 1 N–H and O–H groups in total. The number of aryl methyl sites for hydroxylation is 1. The van der Waals surface area contributed by atoms with Gasteiger partial charge in [0, 0.05) is 19.4 Å². The molecule has 1 aliphatic heterocycles. The summed E-state index contributed by atoms with van der Waals surface area (Å²) in [7, 11) is -1.28. The highest BCUT2D eigenvalue weighted by atomic mass is 32.2. The second-order valence-corrected chi connectivity index (χ2v) is 7.42. The Morgan fingerprint density at radius 3 is 3.00 bits per heavy atom. The molecule has 18 heavy (non-hydrogen) atoms. The van der Waals surface area contributed by atoms with Crippen LogP contribution in [0.4, 0.5) is 0 Å². The first-order chi connectivity index (χ1) is 8.49. The fourth-order valence-electron chi connectivity index (χ4n) is 1.80. The lowest BCUT2D eigenvalue weighted by Gasteiger charge is -2.11. The molecule has 1 aliphatic rings. The van der Waals surface area contributed by atoms with Gasteiger partial charge < -0.3 is 9.88 Å². The molecule has 8 heteroatoms. The van der Waals surface area contributed by atoms with Gasteiger partial charge in [0.1, 0.15) is 5.37 Å². The average Bonchev–Trinajstić information content (AvgIpc) is 2.83. The Kier molecular flexibility index (Phi) is 3.96. The molecule has 2 rings (SSSR count). The van der Waals surface area contributed by atoms with Crippen LogP contribution in [0.1, 0.15) is 12.8 Å². The molecule has 0 unspecified atom stereocenters. The molecule has 1 amide bonds. The molecule has 6 nitrogen and oxygen atoms in total. The molecule has 1 aromatic rings. The van der Waals surface area contributed by atoms with E-state index >= 15 is 0 Å². The van der Waals surface area contributed by atoms with E-state index in [-0.39, 0.29) is 17.4 Å². The number of sulfone groups is 1. The van der Waals surface area contributed by atoms with Crippen molar-refractivity contribution in [3.63, 3.8) is 0 Å². The van der Waals surface area contributed by atoms with Crippen molar-refractivity contribution in [3.05, 3.63) is 12.4 Å².